The van der Waals surface area contributed by atoms with Gasteiger partial charge < -0.3 is 9.73 Å². The summed E-state index contributed by atoms with van der Waals surface area (Å²) in [7, 11) is -3.77. The SMILES string of the molecule is Cc1ccc(C)c(NC(=O)CCCNS(=O)(=O)c2ccc3[nH]c(=O)oc3c2)c1. The van der Waals surface area contributed by atoms with Gasteiger partial charge in [-0.25, -0.2) is 17.9 Å². The number of aromatic nitrogens is 1. The summed E-state index contributed by atoms with van der Waals surface area (Å²) >= 11 is 0. The van der Waals surface area contributed by atoms with Gasteiger partial charge in [0.1, 0.15) is 0 Å². The van der Waals surface area contributed by atoms with Crippen molar-refractivity contribution in [1.82, 2.24) is 9.71 Å². The average molecular weight is 403 g/mol. The van der Waals surface area contributed by atoms with Crippen LogP contribution in [0.25, 0.3) is 11.1 Å². The number of aromatic amines is 1. The normalized spacial score (nSPS) is 11.6. The zero-order chi connectivity index (χ0) is 20.3. The fourth-order valence-electron chi connectivity index (χ4n) is 2.71. The van der Waals surface area contributed by atoms with Crippen LogP contribution in [0.2, 0.25) is 0 Å². The van der Waals surface area contributed by atoms with Crippen molar-refractivity contribution in [3.63, 3.8) is 0 Å². The van der Waals surface area contributed by atoms with Crippen LogP contribution in [0.4, 0.5) is 5.69 Å². The van der Waals surface area contributed by atoms with E-state index in [0.29, 0.717) is 11.9 Å². The molecule has 28 heavy (non-hydrogen) atoms. The van der Waals surface area contributed by atoms with Gasteiger partial charge in [0.05, 0.1) is 10.4 Å². The van der Waals surface area contributed by atoms with Crippen LogP contribution in [0.15, 0.2) is 50.5 Å². The molecular weight excluding hydrogens is 382 g/mol. The number of rotatable bonds is 7. The van der Waals surface area contributed by atoms with Gasteiger partial charge in [-0.3, -0.25) is 9.78 Å². The number of sulfonamides is 1. The molecule has 0 saturated heterocycles. The molecule has 0 atom stereocenters. The van der Waals surface area contributed by atoms with Gasteiger partial charge in [0.2, 0.25) is 15.9 Å². The third-order valence-corrected chi connectivity index (χ3v) is 5.70. The first-order chi connectivity index (χ1) is 13.2. The molecular formula is C19H21N3O5S. The molecule has 0 unspecified atom stereocenters. The van der Waals surface area contributed by atoms with E-state index in [4.69, 9.17) is 4.42 Å². The molecule has 0 aliphatic heterocycles. The summed E-state index contributed by atoms with van der Waals surface area (Å²) in [6.07, 6.45) is 0.527. The van der Waals surface area contributed by atoms with Crippen molar-refractivity contribution in [3.05, 3.63) is 58.1 Å². The summed E-state index contributed by atoms with van der Waals surface area (Å²) in [6.45, 7) is 3.96. The number of hydrogen-bond acceptors (Lipinski definition) is 5. The predicted octanol–water partition coefficient (Wildman–Crippen LogP) is 2.44. The van der Waals surface area contributed by atoms with E-state index in [-0.39, 0.29) is 29.4 Å². The van der Waals surface area contributed by atoms with Crippen molar-refractivity contribution in [2.75, 3.05) is 11.9 Å². The molecule has 3 aromatic rings. The van der Waals surface area contributed by atoms with Crippen molar-refractivity contribution in [3.8, 4) is 0 Å². The highest BCUT2D eigenvalue weighted by Crippen LogP contribution is 2.18. The van der Waals surface area contributed by atoms with Crippen LogP contribution in [0.5, 0.6) is 0 Å². The number of nitrogens with one attached hydrogen (secondary N) is 3. The summed E-state index contributed by atoms with van der Waals surface area (Å²) < 4.78 is 32.0. The smallest absolute Gasteiger partial charge is 0.408 e. The van der Waals surface area contributed by atoms with E-state index in [2.05, 4.69) is 15.0 Å². The number of carbonyl (C=O) groups is 1. The van der Waals surface area contributed by atoms with Gasteiger partial charge in [0, 0.05) is 24.7 Å². The Morgan fingerprint density at radius 2 is 1.93 bits per heavy atom. The van der Waals surface area contributed by atoms with Crippen LogP contribution in [0, 0.1) is 13.8 Å². The van der Waals surface area contributed by atoms with Crippen molar-refractivity contribution in [2.45, 2.75) is 31.6 Å². The Kier molecular flexibility index (Phi) is 5.66. The maximum absolute atomic E-state index is 12.4. The Morgan fingerprint density at radius 3 is 2.71 bits per heavy atom. The molecule has 0 bridgehead atoms. The van der Waals surface area contributed by atoms with E-state index in [1.165, 1.54) is 18.2 Å². The lowest BCUT2D eigenvalue weighted by Gasteiger charge is -2.10. The van der Waals surface area contributed by atoms with Gasteiger partial charge in [-0.2, -0.15) is 0 Å². The maximum atomic E-state index is 12.4. The Labute approximate surface area is 162 Å². The molecule has 1 aromatic heterocycles. The quantitative estimate of drug-likeness (QED) is 0.523. The summed E-state index contributed by atoms with van der Waals surface area (Å²) in [5.74, 6) is -0.823. The van der Waals surface area contributed by atoms with Gasteiger partial charge in [-0.05, 0) is 49.6 Å². The van der Waals surface area contributed by atoms with Crippen LogP contribution in [0.3, 0.4) is 0 Å². The van der Waals surface area contributed by atoms with Crippen molar-refractivity contribution in [2.24, 2.45) is 0 Å². The number of anilines is 1. The molecule has 1 amide bonds. The number of oxazole rings is 1. The van der Waals surface area contributed by atoms with Gasteiger partial charge in [-0.15, -0.1) is 0 Å². The molecule has 1 heterocycles. The summed E-state index contributed by atoms with van der Waals surface area (Å²) in [5.41, 5.74) is 3.36. The molecule has 0 radical (unpaired) electrons. The molecule has 0 spiro atoms. The van der Waals surface area contributed by atoms with E-state index >= 15 is 0 Å². The Hall–Kier alpha value is -2.91. The minimum absolute atomic E-state index is 0.0115. The van der Waals surface area contributed by atoms with Crippen LogP contribution >= 0.6 is 0 Å². The first kappa shape index (κ1) is 19.8. The standard InChI is InChI=1S/C19H21N3O5S/c1-12-5-6-13(2)16(10-12)21-18(23)4-3-9-20-28(25,26)14-7-8-15-17(11-14)27-19(24)22-15/h5-8,10-11,20H,3-4,9H2,1-2H3,(H,21,23)(H,22,24). The van der Waals surface area contributed by atoms with Crippen molar-refractivity contribution in [1.29, 1.82) is 0 Å². The van der Waals surface area contributed by atoms with Crippen LogP contribution < -0.4 is 15.8 Å². The maximum Gasteiger partial charge on any atom is 0.417 e. The van der Waals surface area contributed by atoms with Gasteiger partial charge >= 0.3 is 5.76 Å². The van der Waals surface area contributed by atoms with E-state index in [1.54, 1.807) is 0 Å². The molecule has 148 valence electrons. The number of amides is 1. The molecule has 0 aliphatic carbocycles. The molecule has 3 rings (SSSR count). The summed E-state index contributed by atoms with van der Waals surface area (Å²) in [6, 6.07) is 9.92. The number of benzene rings is 2. The van der Waals surface area contributed by atoms with Crippen LogP contribution in [-0.2, 0) is 14.8 Å². The number of fused-ring (bicyclic) bond motifs is 1. The second-order valence-electron chi connectivity index (χ2n) is 6.54. The molecule has 0 saturated carbocycles. The van der Waals surface area contributed by atoms with E-state index in [0.717, 1.165) is 16.8 Å². The fourth-order valence-corrected chi connectivity index (χ4v) is 3.80. The second-order valence-corrected chi connectivity index (χ2v) is 8.31. The largest absolute Gasteiger partial charge is 0.417 e. The van der Waals surface area contributed by atoms with Crippen LogP contribution in [0.1, 0.15) is 24.0 Å². The Bertz CT molecular complexity index is 1180. The lowest BCUT2D eigenvalue weighted by molar-refractivity contribution is -0.116. The second kappa shape index (κ2) is 7.99. The average Bonchev–Trinajstić information content (AvgIpc) is 3.01. The third-order valence-electron chi connectivity index (χ3n) is 4.24. The lowest BCUT2D eigenvalue weighted by Crippen LogP contribution is -2.25. The monoisotopic (exact) mass is 403 g/mol. The van der Waals surface area contributed by atoms with Gasteiger partial charge in [0.25, 0.3) is 0 Å². The third kappa shape index (κ3) is 4.68. The Morgan fingerprint density at radius 1 is 1.14 bits per heavy atom. The highest BCUT2D eigenvalue weighted by atomic mass is 32.2. The summed E-state index contributed by atoms with van der Waals surface area (Å²) in [5, 5.41) is 2.84. The predicted molar refractivity (Wildman–Crippen MR) is 106 cm³/mol. The molecule has 2 aromatic carbocycles. The molecule has 0 aliphatic rings. The van der Waals surface area contributed by atoms with E-state index < -0.39 is 15.8 Å². The number of carbonyl (C=O) groups excluding carboxylic acids is 1. The topological polar surface area (TPSA) is 121 Å². The first-order valence-corrected chi connectivity index (χ1v) is 10.2. The number of H-pyrrole nitrogens is 1. The fraction of sp³-hybridized carbons (Fsp3) is 0.263. The molecule has 3 N–H and O–H groups in total. The lowest BCUT2D eigenvalue weighted by atomic mass is 10.1. The van der Waals surface area contributed by atoms with E-state index in [1.807, 2.05) is 32.0 Å². The Balaban J connectivity index is 1.54. The van der Waals surface area contributed by atoms with Gasteiger partial charge in [-0.1, -0.05) is 12.1 Å². The van der Waals surface area contributed by atoms with Crippen molar-refractivity contribution >= 4 is 32.7 Å². The minimum Gasteiger partial charge on any atom is -0.408 e. The van der Waals surface area contributed by atoms with Gasteiger partial charge in [0.15, 0.2) is 5.58 Å². The molecule has 9 heteroatoms. The molecule has 8 nitrogen and oxygen atoms in total. The summed E-state index contributed by atoms with van der Waals surface area (Å²) in [4.78, 5) is 25.7. The van der Waals surface area contributed by atoms with E-state index in [9.17, 15) is 18.0 Å². The zero-order valence-electron chi connectivity index (χ0n) is 15.5. The van der Waals surface area contributed by atoms with Crippen molar-refractivity contribution < 1.29 is 17.6 Å². The number of hydrogen-bond donors (Lipinski definition) is 3. The highest BCUT2D eigenvalue weighted by Gasteiger charge is 2.15. The highest BCUT2D eigenvalue weighted by molar-refractivity contribution is 7.89. The minimum atomic E-state index is -3.77. The first-order valence-electron chi connectivity index (χ1n) is 8.74. The zero-order valence-corrected chi connectivity index (χ0v) is 16.4. The molecule has 0 fully saturated rings. The number of aryl methyl sites for hydroxylation is 2. The van der Waals surface area contributed by atoms with Crippen LogP contribution in [-0.4, -0.2) is 25.9 Å².